The Hall–Kier alpha value is -1.50. The molecule has 0 radical (unpaired) electrons. The fourth-order valence-corrected chi connectivity index (χ4v) is 1.03. The molecule has 0 heterocycles. The molecule has 1 aromatic carbocycles. The van der Waals surface area contributed by atoms with Crippen molar-refractivity contribution >= 4 is 0 Å². The first kappa shape index (κ1) is 9.59. The van der Waals surface area contributed by atoms with Gasteiger partial charge in [0.2, 0.25) is 0 Å². The minimum Gasteiger partial charge on any atom is -0.497 e. The van der Waals surface area contributed by atoms with E-state index >= 15 is 0 Å². The number of benzene rings is 1. The molecule has 68 valence electrons. The summed E-state index contributed by atoms with van der Waals surface area (Å²) in [7, 11) is 1.59. The van der Waals surface area contributed by atoms with Crippen molar-refractivity contribution in [3.8, 4) is 5.75 Å². The maximum absolute atomic E-state index is 9.53. The fraction of sp³-hybridized carbons (Fsp3) is 0.182. The van der Waals surface area contributed by atoms with Crippen LogP contribution in [0.4, 0.5) is 0 Å². The summed E-state index contributed by atoms with van der Waals surface area (Å²) < 4.78 is 5.02. The molecular formula is C11H12O2. The third-order valence-electron chi connectivity index (χ3n) is 1.71. The predicted octanol–water partition coefficient (Wildman–Crippen LogP) is 2.07. The van der Waals surface area contributed by atoms with Gasteiger partial charge in [-0.25, -0.2) is 0 Å². The highest BCUT2D eigenvalue weighted by Gasteiger charge is 2.03. The molecule has 1 N–H and O–H groups in total. The van der Waals surface area contributed by atoms with Crippen molar-refractivity contribution in [2.45, 2.75) is 6.10 Å². The lowest BCUT2D eigenvalue weighted by Gasteiger charge is -2.06. The van der Waals surface area contributed by atoms with Crippen molar-refractivity contribution in [3.63, 3.8) is 0 Å². The van der Waals surface area contributed by atoms with E-state index < -0.39 is 6.10 Å². The Morgan fingerprint density at radius 1 is 1.62 bits per heavy atom. The van der Waals surface area contributed by atoms with Gasteiger partial charge >= 0.3 is 0 Å². The quantitative estimate of drug-likeness (QED) is 0.714. The maximum Gasteiger partial charge on any atom is 0.119 e. The highest BCUT2D eigenvalue weighted by atomic mass is 16.5. The first-order valence-corrected chi connectivity index (χ1v) is 3.96. The molecule has 1 aromatic rings. The second-order valence-corrected chi connectivity index (χ2v) is 2.59. The molecule has 2 heteroatoms. The topological polar surface area (TPSA) is 29.5 Å². The van der Waals surface area contributed by atoms with Gasteiger partial charge in [-0.1, -0.05) is 18.7 Å². The molecule has 13 heavy (non-hydrogen) atoms. The third-order valence-corrected chi connectivity index (χ3v) is 1.71. The Labute approximate surface area is 77.8 Å². The summed E-state index contributed by atoms with van der Waals surface area (Å²) in [5, 5.41) is 9.53. The van der Waals surface area contributed by atoms with Crippen molar-refractivity contribution in [3.05, 3.63) is 48.2 Å². The second-order valence-electron chi connectivity index (χ2n) is 2.59. The number of aliphatic hydroxyl groups excluding tert-OH is 1. The van der Waals surface area contributed by atoms with Gasteiger partial charge in [0.25, 0.3) is 0 Å². The van der Waals surface area contributed by atoms with Crippen LogP contribution in [0.25, 0.3) is 0 Å². The van der Waals surface area contributed by atoms with Crippen LogP contribution in [0, 0.1) is 0 Å². The van der Waals surface area contributed by atoms with Crippen LogP contribution in [0.2, 0.25) is 0 Å². The summed E-state index contributed by atoms with van der Waals surface area (Å²) in [4.78, 5) is 0. The molecule has 2 nitrogen and oxygen atoms in total. The van der Waals surface area contributed by atoms with E-state index in [4.69, 9.17) is 4.74 Å². The molecule has 0 aromatic heterocycles. The van der Waals surface area contributed by atoms with E-state index in [2.05, 4.69) is 12.3 Å². The molecule has 0 saturated heterocycles. The molecule has 1 atom stereocenters. The van der Waals surface area contributed by atoms with E-state index in [9.17, 15) is 5.11 Å². The Bertz CT molecular complexity index is 325. The summed E-state index contributed by atoms with van der Waals surface area (Å²) in [5.74, 6) is 0.731. The lowest BCUT2D eigenvalue weighted by atomic mass is 10.1. The van der Waals surface area contributed by atoms with Crippen LogP contribution in [0.3, 0.4) is 0 Å². The van der Waals surface area contributed by atoms with Gasteiger partial charge in [-0.3, -0.25) is 0 Å². The highest BCUT2D eigenvalue weighted by molar-refractivity contribution is 5.31. The van der Waals surface area contributed by atoms with Gasteiger partial charge in [-0.05, 0) is 23.8 Å². The van der Waals surface area contributed by atoms with Crippen LogP contribution >= 0.6 is 0 Å². The van der Waals surface area contributed by atoms with Crippen molar-refractivity contribution < 1.29 is 9.84 Å². The largest absolute Gasteiger partial charge is 0.497 e. The van der Waals surface area contributed by atoms with E-state index in [1.807, 2.05) is 18.2 Å². The number of rotatable bonds is 3. The van der Waals surface area contributed by atoms with Crippen molar-refractivity contribution in [1.82, 2.24) is 0 Å². The summed E-state index contributed by atoms with van der Waals surface area (Å²) in [6, 6.07) is 7.25. The van der Waals surface area contributed by atoms with Gasteiger partial charge in [0, 0.05) is 0 Å². The molecule has 0 unspecified atom stereocenters. The van der Waals surface area contributed by atoms with Gasteiger partial charge < -0.3 is 9.84 Å². The van der Waals surface area contributed by atoms with Gasteiger partial charge in [0.05, 0.1) is 7.11 Å². The van der Waals surface area contributed by atoms with Gasteiger partial charge in [0.15, 0.2) is 0 Å². The van der Waals surface area contributed by atoms with E-state index in [-0.39, 0.29) is 0 Å². The van der Waals surface area contributed by atoms with Gasteiger partial charge in [-0.2, -0.15) is 0 Å². The molecule has 0 aliphatic heterocycles. The lowest BCUT2D eigenvalue weighted by molar-refractivity contribution is 0.228. The normalized spacial score (nSPS) is 11.5. The lowest BCUT2D eigenvalue weighted by Crippen LogP contribution is -1.93. The fourth-order valence-electron chi connectivity index (χ4n) is 1.03. The van der Waals surface area contributed by atoms with E-state index in [0.29, 0.717) is 0 Å². The molecule has 0 bridgehead atoms. The van der Waals surface area contributed by atoms with Crippen molar-refractivity contribution in [1.29, 1.82) is 0 Å². The highest BCUT2D eigenvalue weighted by Crippen LogP contribution is 2.19. The summed E-state index contributed by atoms with van der Waals surface area (Å²) >= 11 is 0. The maximum atomic E-state index is 9.53. The Morgan fingerprint density at radius 3 is 3.00 bits per heavy atom. The molecule has 0 spiro atoms. The monoisotopic (exact) mass is 176 g/mol. The van der Waals surface area contributed by atoms with Crippen LogP contribution in [0.15, 0.2) is 42.7 Å². The van der Waals surface area contributed by atoms with Crippen LogP contribution in [-0.2, 0) is 0 Å². The first-order valence-electron chi connectivity index (χ1n) is 3.96. The second kappa shape index (κ2) is 4.51. The zero-order valence-corrected chi connectivity index (χ0v) is 7.53. The van der Waals surface area contributed by atoms with Crippen molar-refractivity contribution in [2.24, 2.45) is 0 Å². The molecular weight excluding hydrogens is 164 g/mol. The summed E-state index contributed by atoms with van der Waals surface area (Å²) in [5.41, 5.74) is 3.31. The third kappa shape index (κ3) is 2.48. The van der Waals surface area contributed by atoms with Crippen molar-refractivity contribution in [2.75, 3.05) is 7.11 Å². The van der Waals surface area contributed by atoms with Crippen LogP contribution < -0.4 is 4.74 Å². The molecule has 1 rings (SSSR count). The van der Waals surface area contributed by atoms with Crippen LogP contribution in [0.5, 0.6) is 5.75 Å². The first-order chi connectivity index (χ1) is 6.27. The summed E-state index contributed by atoms with van der Waals surface area (Å²) in [6.45, 7) is 3.40. The predicted molar refractivity (Wildman–Crippen MR) is 51.7 cm³/mol. The Morgan fingerprint density at radius 2 is 2.38 bits per heavy atom. The molecule has 0 saturated carbocycles. The minimum absolute atomic E-state index is 0.660. The number of ether oxygens (including phenoxy) is 1. The number of hydrogen-bond acceptors (Lipinski definition) is 2. The van der Waals surface area contributed by atoms with Gasteiger partial charge in [0.1, 0.15) is 11.9 Å². The number of methoxy groups -OCH3 is 1. The van der Waals surface area contributed by atoms with Crippen LogP contribution in [0.1, 0.15) is 11.7 Å². The van der Waals surface area contributed by atoms with E-state index in [1.165, 1.54) is 6.08 Å². The van der Waals surface area contributed by atoms with Gasteiger partial charge in [-0.15, -0.1) is 5.73 Å². The number of hydrogen-bond donors (Lipinski definition) is 1. The molecule has 0 amide bonds. The average Bonchev–Trinajstić information content (AvgIpc) is 2.18. The standard InChI is InChI=1S/C11H12O2/c1-3-5-11(12)9-6-4-7-10(8-9)13-2/h4-8,11-12H,1H2,2H3/t11-/m0/s1. The zero-order valence-electron chi connectivity index (χ0n) is 7.53. The zero-order chi connectivity index (χ0) is 9.68. The Kier molecular flexibility index (Phi) is 3.32. The van der Waals surface area contributed by atoms with E-state index in [1.54, 1.807) is 13.2 Å². The summed E-state index contributed by atoms with van der Waals surface area (Å²) in [6.07, 6.45) is 0.835. The smallest absolute Gasteiger partial charge is 0.119 e. The molecule has 0 aliphatic rings. The molecule has 0 fully saturated rings. The Balaban J connectivity index is 2.94. The minimum atomic E-state index is -0.660. The van der Waals surface area contributed by atoms with E-state index in [0.717, 1.165) is 11.3 Å². The number of aliphatic hydroxyl groups is 1. The SMILES string of the molecule is C=C=C[C@H](O)c1cccc(OC)c1. The molecule has 0 aliphatic carbocycles. The average molecular weight is 176 g/mol. The van der Waals surface area contributed by atoms with Crippen LogP contribution in [-0.4, -0.2) is 12.2 Å².